The average molecular weight is 407 g/mol. The van der Waals surface area contributed by atoms with Gasteiger partial charge >= 0.3 is 0 Å². The van der Waals surface area contributed by atoms with Gasteiger partial charge in [-0.25, -0.2) is 9.97 Å². The molecule has 1 saturated carbocycles. The minimum atomic E-state index is -0.130. The molecule has 2 aromatic heterocycles. The van der Waals surface area contributed by atoms with E-state index in [4.69, 9.17) is 9.47 Å². The summed E-state index contributed by atoms with van der Waals surface area (Å²) in [6, 6.07) is 5.60. The van der Waals surface area contributed by atoms with Crippen LogP contribution in [0.2, 0.25) is 0 Å². The van der Waals surface area contributed by atoms with E-state index in [0.29, 0.717) is 34.1 Å². The standard InChI is InChI=1S/C22H25N5O3/c1-29-19-10-15-18(11-20(19)30-2)24-13-25-21(15)27-17-8-9-23-12-16(17)22(28)26-14-6-4-3-5-7-14/h8-14H,3-7H2,1-2H3,(H,26,28)(H,23,24,25,27). The van der Waals surface area contributed by atoms with Gasteiger partial charge in [0, 0.05) is 29.9 Å². The van der Waals surface area contributed by atoms with Gasteiger partial charge in [0.2, 0.25) is 0 Å². The van der Waals surface area contributed by atoms with Crippen molar-refractivity contribution >= 4 is 28.3 Å². The van der Waals surface area contributed by atoms with Gasteiger partial charge in [-0.1, -0.05) is 19.3 Å². The van der Waals surface area contributed by atoms with Crippen molar-refractivity contribution in [1.82, 2.24) is 20.3 Å². The highest BCUT2D eigenvalue weighted by Gasteiger charge is 2.19. The first-order valence-electron chi connectivity index (χ1n) is 10.1. The molecule has 8 nitrogen and oxygen atoms in total. The fraction of sp³-hybridized carbons (Fsp3) is 0.364. The van der Waals surface area contributed by atoms with Crippen LogP contribution in [0.15, 0.2) is 36.9 Å². The maximum atomic E-state index is 12.9. The summed E-state index contributed by atoms with van der Waals surface area (Å²) in [4.78, 5) is 25.8. The van der Waals surface area contributed by atoms with Gasteiger partial charge in [-0.15, -0.1) is 0 Å². The van der Waals surface area contributed by atoms with E-state index in [1.807, 2.05) is 6.07 Å². The molecule has 4 rings (SSSR count). The van der Waals surface area contributed by atoms with Crippen molar-refractivity contribution in [3.8, 4) is 11.5 Å². The van der Waals surface area contributed by atoms with Crippen molar-refractivity contribution in [2.24, 2.45) is 0 Å². The van der Waals surface area contributed by atoms with E-state index >= 15 is 0 Å². The van der Waals surface area contributed by atoms with Crippen LogP contribution in [0.3, 0.4) is 0 Å². The number of pyridine rings is 1. The number of benzene rings is 1. The number of carbonyl (C=O) groups is 1. The minimum Gasteiger partial charge on any atom is -0.493 e. The van der Waals surface area contributed by atoms with E-state index in [9.17, 15) is 4.79 Å². The second kappa shape index (κ2) is 8.94. The lowest BCUT2D eigenvalue weighted by atomic mass is 9.95. The third-order valence-electron chi connectivity index (χ3n) is 5.40. The van der Waals surface area contributed by atoms with Crippen LogP contribution in [-0.4, -0.2) is 41.1 Å². The van der Waals surface area contributed by atoms with Crippen LogP contribution in [0.4, 0.5) is 11.5 Å². The molecule has 0 saturated heterocycles. The SMILES string of the molecule is COc1cc2ncnc(Nc3ccncc3C(=O)NC3CCCCC3)c2cc1OC. The third-order valence-corrected chi connectivity index (χ3v) is 5.40. The zero-order valence-electron chi connectivity index (χ0n) is 17.1. The first-order chi connectivity index (χ1) is 14.7. The first-order valence-corrected chi connectivity index (χ1v) is 10.1. The van der Waals surface area contributed by atoms with Crippen molar-refractivity contribution in [2.75, 3.05) is 19.5 Å². The zero-order valence-corrected chi connectivity index (χ0v) is 17.1. The van der Waals surface area contributed by atoms with Gasteiger partial charge in [-0.2, -0.15) is 0 Å². The number of methoxy groups -OCH3 is 2. The summed E-state index contributed by atoms with van der Waals surface area (Å²) < 4.78 is 10.8. The highest BCUT2D eigenvalue weighted by molar-refractivity contribution is 6.01. The summed E-state index contributed by atoms with van der Waals surface area (Å²) in [5, 5.41) is 7.17. The Bertz CT molecular complexity index is 1050. The number of carbonyl (C=O) groups excluding carboxylic acids is 1. The number of nitrogens with one attached hydrogen (secondary N) is 2. The molecule has 3 aromatic rings. The van der Waals surface area contributed by atoms with Crippen LogP contribution in [0.1, 0.15) is 42.5 Å². The number of ether oxygens (including phenoxy) is 2. The number of anilines is 2. The number of amides is 1. The zero-order chi connectivity index (χ0) is 20.9. The molecule has 0 radical (unpaired) electrons. The molecule has 1 aliphatic carbocycles. The van der Waals surface area contributed by atoms with E-state index in [0.717, 1.165) is 31.1 Å². The van der Waals surface area contributed by atoms with Crippen molar-refractivity contribution < 1.29 is 14.3 Å². The van der Waals surface area contributed by atoms with Gasteiger partial charge < -0.3 is 20.1 Å². The number of rotatable bonds is 6. The molecular weight excluding hydrogens is 382 g/mol. The van der Waals surface area contributed by atoms with Crippen LogP contribution >= 0.6 is 0 Å². The van der Waals surface area contributed by atoms with Gasteiger partial charge in [0.25, 0.3) is 5.91 Å². The van der Waals surface area contributed by atoms with Gasteiger partial charge in [0.15, 0.2) is 11.5 Å². The van der Waals surface area contributed by atoms with E-state index in [1.54, 1.807) is 38.7 Å². The van der Waals surface area contributed by atoms with Gasteiger partial charge in [0.05, 0.1) is 31.0 Å². The Kier molecular flexibility index (Phi) is 5.92. The smallest absolute Gasteiger partial charge is 0.255 e. The van der Waals surface area contributed by atoms with E-state index in [1.165, 1.54) is 12.7 Å². The van der Waals surface area contributed by atoms with Crippen LogP contribution in [-0.2, 0) is 0 Å². The van der Waals surface area contributed by atoms with Gasteiger partial charge in [-0.3, -0.25) is 9.78 Å². The molecule has 0 aliphatic heterocycles. The maximum Gasteiger partial charge on any atom is 0.255 e. The highest BCUT2D eigenvalue weighted by Crippen LogP contribution is 2.34. The number of aromatic nitrogens is 3. The Morgan fingerprint density at radius 1 is 1.07 bits per heavy atom. The second-order valence-corrected chi connectivity index (χ2v) is 7.30. The Labute approximate surface area is 175 Å². The molecule has 1 amide bonds. The Balaban J connectivity index is 1.65. The van der Waals surface area contributed by atoms with Crippen molar-refractivity contribution in [1.29, 1.82) is 0 Å². The van der Waals surface area contributed by atoms with E-state index in [-0.39, 0.29) is 11.9 Å². The van der Waals surface area contributed by atoms with E-state index in [2.05, 4.69) is 25.6 Å². The van der Waals surface area contributed by atoms with Gasteiger partial charge in [0.1, 0.15) is 12.1 Å². The Morgan fingerprint density at radius 3 is 2.60 bits per heavy atom. The number of nitrogens with zero attached hydrogens (tertiary/aromatic N) is 3. The maximum absolute atomic E-state index is 12.9. The average Bonchev–Trinajstić information content (AvgIpc) is 2.79. The molecule has 8 heteroatoms. The Hall–Kier alpha value is -3.42. The van der Waals surface area contributed by atoms with E-state index < -0.39 is 0 Å². The molecular formula is C22H25N5O3. The Morgan fingerprint density at radius 2 is 1.83 bits per heavy atom. The molecule has 2 heterocycles. The molecule has 0 spiro atoms. The number of fused-ring (bicyclic) bond motifs is 1. The molecule has 0 atom stereocenters. The second-order valence-electron chi connectivity index (χ2n) is 7.30. The summed E-state index contributed by atoms with van der Waals surface area (Å²) in [6.45, 7) is 0. The molecule has 0 unspecified atom stereocenters. The van der Waals surface area contributed by atoms with Crippen molar-refractivity contribution in [3.63, 3.8) is 0 Å². The molecule has 1 aromatic carbocycles. The lowest BCUT2D eigenvalue weighted by Gasteiger charge is -2.23. The van der Waals surface area contributed by atoms with Crippen LogP contribution in [0.5, 0.6) is 11.5 Å². The lowest BCUT2D eigenvalue weighted by Crippen LogP contribution is -2.36. The highest BCUT2D eigenvalue weighted by atomic mass is 16.5. The summed E-state index contributed by atoms with van der Waals surface area (Å²) in [5.41, 5.74) is 1.82. The fourth-order valence-corrected chi connectivity index (χ4v) is 3.80. The predicted molar refractivity (Wildman–Crippen MR) is 115 cm³/mol. The summed E-state index contributed by atoms with van der Waals surface area (Å²) >= 11 is 0. The lowest BCUT2D eigenvalue weighted by molar-refractivity contribution is 0.0928. The van der Waals surface area contributed by atoms with Crippen LogP contribution in [0, 0.1) is 0 Å². The predicted octanol–water partition coefficient (Wildman–Crippen LogP) is 3.85. The largest absolute Gasteiger partial charge is 0.493 e. The number of hydrogen-bond donors (Lipinski definition) is 2. The van der Waals surface area contributed by atoms with Crippen molar-refractivity contribution in [3.05, 3.63) is 42.5 Å². The van der Waals surface area contributed by atoms with Crippen molar-refractivity contribution in [2.45, 2.75) is 38.1 Å². The molecule has 156 valence electrons. The molecule has 1 fully saturated rings. The molecule has 0 bridgehead atoms. The molecule has 2 N–H and O–H groups in total. The molecule has 1 aliphatic rings. The first kappa shape index (κ1) is 19.9. The minimum absolute atomic E-state index is 0.130. The summed E-state index contributed by atoms with van der Waals surface area (Å²) in [7, 11) is 3.16. The fourth-order valence-electron chi connectivity index (χ4n) is 3.80. The quantitative estimate of drug-likeness (QED) is 0.640. The van der Waals surface area contributed by atoms with Gasteiger partial charge in [-0.05, 0) is 25.0 Å². The third kappa shape index (κ3) is 4.12. The van der Waals surface area contributed by atoms with Crippen LogP contribution < -0.4 is 20.1 Å². The number of hydrogen-bond acceptors (Lipinski definition) is 7. The summed E-state index contributed by atoms with van der Waals surface area (Å²) in [6.07, 6.45) is 10.3. The summed E-state index contributed by atoms with van der Waals surface area (Å²) in [5.74, 6) is 1.60. The molecule has 30 heavy (non-hydrogen) atoms. The van der Waals surface area contributed by atoms with Crippen LogP contribution in [0.25, 0.3) is 10.9 Å². The monoisotopic (exact) mass is 407 g/mol. The normalized spacial score (nSPS) is 14.3. The topological polar surface area (TPSA) is 98.3 Å².